The van der Waals surface area contributed by atoms with Crippen LogP contribution < -0.4 is 10.5 Å². The van der Waals surface area contributed by atoms with E-state index in [-0.39, 0.29) is 0 Å². The van der Waals surface area contributed by atoms with E-state index in [1.54, 1.807) is 41.0 Å². The lowest BCUT2D eigenvalue weighted by atomic mass is 10.3. The molecule has 0 saturated heterocycles. The van der Waals surface area contributed by atoms with Gasteiger partial charge in [-0.15, -0.1) is 0 Å². The number of nitrogens with two attached hydrogens (primary N) is 1. The lowest BCUT2D eigenvalue weighted by Crippen LogP contribution is -1.91. The summed E-state index contributed by atoms with van der Waals surface area (Å²) in [6.07, 6.45) is 3.25. The summed E-state index contributed by atoms with van der Waals surface area (Å²) in [4.78, 5) is 4.08. The van der Waals surface area contributed by atoms with E-state index in [1.165, 1.54) is 6.33 Å². The summed E-state index contributed by atoms with van der Waals surface area (Å²) in [7, 11) is 0. The first-order chi connectivity index (χ1) is 8.72. The number of fused-ring (bicyclic) bond motifs is 1. The third-order valence-corrected chi connectivity index (χ3v) is 2.73. The Balaban J connectivity index is 1.95. The van der Waals surface area contributed by atoms with Crippen LogP contribution in [0.25, 0.3) is 5.65 Å². The maximum absolute atomic E-state index is 6.04. The van der Waals surface area contributed by atoms with Gasteiger partial charge in [-0.25, -0.2) is 9.50 Å². The smallest absolute Gasteiger partial charge is 0.158 e. The van der Waals surface area contributed by atoms with Crippen molar-refractivity contribution in [3.8, 4) is 11.5 Å². The zero-order chi connectivity index (χ0) is 12.5. The number of hydrogen-bond donors (Lipinski definition) is 1. The molecule has 0 aliphatic rings. The number of anilines is 1. The molecular formula is C12H9ClN4O. The number of aromatic nitrogens is 3. The molecule has 2 heterocycles. The van der Waals surface area contributed by atoms with Crippen molar-refractivity contribution in [1.29, 1.82) is 0 Å². The van der Waals surface area contributed by atoms with Gasteiger partial charge in [0, 0.05) is 18.0 Å². The predicted octanol–water partition coefficient (Wildman–Crippen LogP) is 2.76. The molecule has 6 heteroatoms. The van der Waals surface area contributed by atoms with Gasteiger partial charge in [0.2, 0.25) is 0 Å². The number of nitrogen functional groups attached to an aromatic ring is 1. The average molecular weight is 261 g/mol. The molecule has 0 fully saturated rings. The first-order valence-corrected chi connectivity index (χ1v) is 5.62. The van der Waals surface area contributed by atoms with Crippen LogP contribution in [0.1, 0.15) is 0 Å². The molecule has 90 valence electrons. The number of halogens is 1. The Morgan fingerprint density at radius 3 is 2.94 bits per heavy atom. The standard InChI is InChI=1S/C12H9ClN4O/c13-10-5-8(14)1-2-11(10)18-9-3-4-17-12(6-9)15-7-16-17/h1-7H,14H2. The number of nitrogens with zero attached hydrogens (tertiary/aromatic N) is 3. The van der Waals surface area contributed by atoms with Crippen LogP contribution in [-0.2, 0) is 0 Å². The molecule has 0 atom stereocenters. The average Bonchev–Trinajstić information content (AvgIpc) is 2.80. The van der Waals surface area contributed by atoms with Gasteiger partial charge in [-0.3, -0.25) is 0 Å². The van der Waals surface area contributed by atoms with Crippen molar-refractivity contribution < 1.29 is 4.74 Å². The Labute approximate surface area is 108 Å². The van der Waals surface area contributed by atoms with Gasteiger partial charge in [-0.1, -0.05) is 11.6 Å². The molecule has 3 aromatic rings. The Bertz CT molecular complexity index is 710. The molecule has 18 heavy (non-hydrogen) atoms. The van der Waals surface area contributed by atoms with E-state index in [1.807, 2.05) is 0 Å². The molecule has 0 spiro atoms. The van der Waals surface area contributed by atoms with E-state index in [0.717, 1.165) is 0 Å². The largest absolute Gasteiger partial charge is 0.456 e. The summed E-state index contributed by atoms with van der Waals surface area (Å²) in [6, 6.07) is 8.67. The van der Waals surface area contributed by atoms with Crippen LogP contribution in [0.15, 0.2) is 42.9 Å². The third-order valence-electron chi connectivity index (χ3n) is 2.44. The Hall–Kier alpha value is -2.27. The topological polar surface area (TPSA) is 65.4 Å². The highest BCUT2D eigenvalue weighted by Crippen LogP contribution is 2.30. The molecule has 1 aromatic carbocycles. The fourth-order valence-corrected chi connectivity index (χ4v) is 1.81. The van der Waals surface area contributed by atoms with Crippen molar-refractivity contribution in [2.45, 2.75) is 0 Å². The highest BCUT2D eigenvalue weighted by molar-refractivity contribution is 6.32. The van der Waals surface area contributed by atoms with Gasteiger partial charge in [0.15, 0.2) is 5.65 Å². The van der Waals surface area contributed by atoms with E-state index >= 15 is 0 Å². The van der Waals surface area contributed by atoms with Crippen molar-refractivity contribution in [1.82, 2.24) is 14.6 Å². The quantitative estimate of drug-likeness (QED) is 0.720. The van der Waals surface area contributed by atoms with Crippen LogP contribution in [0.3, 0.4) is 0 Å². The molecular weight excluding hydrogens is 252 g/mol. The number of ether oxygens (including phenoxy) is 1. The second-order valence-corrected chi connectivity index (χ2v) is 4.12. The highest BCUT2D eigenvalue weighted by atomic mass is 35.5. The molecule has 0 aliphatic heterocycles. The number of rotatable bonds is 2. The molecule has 2 N–H and O–H groups in total. The molecule has 2 aromatic heterocycles. The summed E-state index contributed by atoms with van der Waals surface area (Å²) in [5.74, 6) is 1.19. The maximum Gasteiger partial charge on any atom is 0.158 e. The van der Waals surface area contributed by atoms with Crippen LogP contribution in [-0.4, -0.2) is 14.6 Å². The Morgan fingerprint density at radius 2 is 2.11 bits per heavy atom. The van der Waals surface area contributed by atoms with E-state index < -0.39 is 0 Å². The minimum absolute atomic E-state index is 0.469. The van der Waals surface area contributed by atoms with Gasteiger partial charge < -0.3 is 10.5 Å². The minimum atomic E-state index is 0.469. The van der Waals surface area contributed by atoms with Crippen LogP contribution in [0, 0.1) is 0 Å². The lowest BCUT2D eigenvalue weighted by molar-refractivity contribution is 0.482. The second kappa shape index (κ2) is 4.19. The Morgan fingerprint density at radius 1 is 1.22 bits per heavy atom. The minimum Gasteiger partial charge on any atom is -0.456 e. The first-order valence-electron chi connectivity index (χ1n) is 5.25. The number of benzene rings is 1. The SMILES string of the molecule is Nc1ccc(Oc2ccn3ncnc3c2)c(Cl)c1. The zero-order valence-electron chi connectivity index (χ0n) is 9.25. The zero-order valence-corrected chi connectivity index (χ0v) is 10.0. The first kappa shape index (κ1) is 10.9. The van der Waals surface area contributed by atoms with Crippen LogP contribution >= 0.6 is 11.6 Å². The third kappa shape index (κ3) is 1.96. The Kier molecular flexibility index (Phi) is 2.53. The molecule has 0 aliphatic carbocycles. The number of hydrogen-bond acceptors (Lipinski definition) is 4. The normalized spacial score (nSPS) is 10.7. The lowest BCUT2D eigenvalue weighted by Gasteiger charge is -2.07. The number of pyridine rings is 1. The molecule has 0 unspecified atom stereocenters. The van der Waals surface area contributed by atoms with Crippen LogP contribution in [0.4, 0.5) is 5.69 Å². The highest BCUT2D eigenvalue weighted by Gasteiger charge is 2.05. The van der Waals surface area contributed by atoms with Gasteiger partial charge in [0.05, 0.1) is 5.02 Å². The summed E-state index contributed by atoms with van der Waals surface area (Å²) in [5.41, 5.74) is 6.92. The van der Waals surface area contributed by atoms with Gasteiger partial charge >= 0.3 is 0 Å². The maximum atomic E-state index is 6.04. The molecule has 0 amide bonds. The molecule has 0 radical (unpaired) electrons. The summed E-state index contributed by atoms with van der Waals surface area (Å²) in [5, 5.41) is 4.47. The van der Waals surface area contributed by atoms with Crippen LogP contribution in [0.5, 0.6) is 11.5 Å². The van der Waals surface area contributed by atoms with Gasteiger partial charge in [-0.05, 0) is 24.3 Å². The van der Waals surface area contributed by atoms with Crippen molar-refractivity contribution >= 4 is 22.9 Å². The fraction of sp³-hybridized carbons (Fsp3) is 0. The predicted molar refractivity (Wildman–Crippen MR) is 68.9 cm³/mol. The van der Waals surface area contributed by atoms with Crippen molar-refractivity contribution in [3.63, 3.8) is 0 Å². The summed E-state index contributed by atoms with van der Waals surface area (Å²) < 4.78 is 7.32. The van der Waals surface area contributed by atoms with Gasteiger partial charge in [-0.2, -0.15) is 5.10 Å². The second-order valence-electron chi connectivity index (χ2n) is 3.72. The monoisotopic (exact) mass is 260 g/mol. The van der Waals surface area contributed by atoms with E-state index in [9.17, 15) is 0 Å². The van der Waals surface area contributed by atoms with Gasteiger partial charge in [0.1, 0.15) is 17.8 Å². The van der Waals surface area contributed by atoms with Gasteiger partial charge in [0.25, 0.3) is 0 Å². The molecule has 0 saturated carbocycles. The van der Waals surface area contributed by atoms with Crippen molar-refractivity contribution in [2.75, 3.05) is 5.73 Å². The fourth-order valence-electron chi connectivity index (χ4n) is 1.59. The molecule has 0 bridgehead atoms. The molecule has 3 rings (SSSR count). The van der Waals surface area contributed by atoms with E-state index in [2.05, 4.69) is 10.1 Å². The van der Waals surface area contributed by atoms with E-state index in [0.29, 0.717) is 27.9 Å². The summed E-state index contributed by atoms with van der Waals surface area (Å²) in [6.45, 7) is 0. The summed E-state index contributed by atoms with van der Waals surface area (Å²) >= 11 is 6.04. The van der Waals surface area contributed by atoms with Crippen molar-refractivity contribution in [2.24, 2.45) is 0 Å². The van der Waals surface area contributed by atoms with Crippen molar-refractivity contribution in [3.05, 3.63) is 47.9 Å². The van der Waals surface area contributed by atoms with E-state index in [4.69, 9.17) is 22.1 Å². The van der Waals surface area contributed by atoms with Crippen LogP contribution in [0.2, 0.25) is 5.02 Å². The molecule has 5 nitrogen and oxygen atoms in total.